The van der Waals surface area contributed by atoms with Crippen molar-refractivity contribution in [3.05, 3.63) is 47.5 Å². The third kappa shape index (κ3) is 3.61. The molecule has 4 rings (SSSR count). The SMILES string of the molecule is Cc1cc(-c2ccc(NC(=O)N3C(C)C3(C)C)c(C)c2)ccc1NC(=O)N1C(C)C1(C)C. The predicted molar refractivity (Wildman–Crippen MR) is 130 cm³/mol. The van der Waals surface area contributed by atoms with Crippen molar-refractivity contribution in [2.45, 2.75) is 78.6 Å². The molecule has 2 unspecified atom stereocenters. The second-order valence-electron chi connectivity index (χ2n) is 10.3. The number of rotatable bonds is 3. The van der Waals surface area contributed by atoms with Gasteiger partial charge in [-0.1, -0.05) is 12.1 Å². The van der Waals surface area contributed by atoms with Crippen molar-refractivity contribution in [3.63, 3.8) is 0 Å². The van der Waals surface area contributed by atoms with Crippen molar-refractivity contribution in [1.29, 1.82) is 0 Å². The Kier molecular flexibility index (Phi) is 5.03. The first kappa shape index (κ1) is 22.2. The van der Waals surface area contributed by atoms with E-state index in [2.05, 4.69) is 64.3 Å². The zero-order valence-corrected chi connectivity index (χ0v) is 20.3. The fraction of sp³-hybridized carbons (Fsp3) is 0.462. The van der Waals surface area contributed by atoms with Gasteiger partial charge in [0.05, 0.1) is 23.2 Å². The van der Waals surface area contributed by atoms with E-state index in [9.17, 15) is 9.59 Å². The molecular formula is C26H34N4O2. The number of hydrogen-bond donors (Lipinski definition) is 2. The first-order valence-corrected chi connectivity index (χ1v) is 11.3. The summed E-state index contributed by atoms with van der Waals surface area (Å²) in [6, 6.07) is 12.5. The Morgan fingerprint density at radius 1 is 0.719 bits per heavy atom. The van der Waals surface area contributed by atoms with E-state index in [0.29, 0.717) is 0 Å². The van der Waals surface area contributed by atoms with Crippen molar-refractivity contribution in [3.8, 4) is 11.1 Å². The van der Waals surface area contributed by atoms with Gasteiger partial charge < -0.3 is 20.4 Å². The molecule has 0 aromatic heterocycles. The number of hydrogen-bond acceptors (Lipinski definition) is 2. The van der Waals surface area contributed by atoms with Gasteiger partial charge in [0.15, 0.2) is 0 Å². The van der Waals surface area contributed by atoms with Gasteiger partial charge in [0, 0.05) is 11.4 Å². The zero-order valence-electron chi connectivity index (χ0n) is 20.3. The summed E-state index contributed by atoms with van der Waals surface area (Å²) in [6.45, 7) is 16.4. The lowest BCUT2D eigenvalue weighted by Gasteiger charge is -2.15. The molecule has 6 heteroatoms. The summed E-state index contributed by atoms with van der Waals surface area (Å²) in [6.07, 6.45) is 0. The summed E-state index contributed by atoms with van der Waals surface area (Å²) in [5.74, 6) is 0. The van der Waals surface area contributed by atoms with Crippen LogP contribution >= 0.6 is 0 Å². The van der Waals surface area contributed by atoms with Crippen LogP contribution in [0.5, 0.6) is 0 Å². The van der Waals surface area contributed by atoms with Crippen LogP contribution in [0.1, 0.15) is 52.7 Å². The van der Waals surface area contributed by atoms with Gasteiger partial charge in [-0.25, -0.2) is 9.59 Å². The Morgan fingerprint density at radius 2 is 1.03 bits per heavy atom. The number of carbonyl (C=O) groups is 2. The molecule has 6 nitrogen and oxygen atoms in total. The summed E-state index contributed by atoms with van der Waals surface area (Å²) in [5, 5.41) is 6.08. The summed E-state index contributed by atoms with van der Waals surface area (Å²) in [5.41, 5.74) is 5.64. The molecule has 0 saturated carbocycles. The zero-order chi connectivity index (χ0) is 23.6. The van der Waals surface area contributed by atoms with Crippen LogP contribution in [0.25, 0.3) is 11.1 Å². The Morgan fingerprint density at radius 3 is 1.28 bits per heavy atom. The largest absolute Gasteiger partial charge is 0.322 e. The average molecular weight is 435 g/mol. The molecule has 0 spiro atoms. The third-order valence-corrected chi connectivity index (χ3v) is 7.63. The van der Waals surface area contributed by atoms with E-state index < -0.39 is 0 Å². The number of nitrogens with zero attached hydrogens (tertiary/aromatic N) is 2. The average Bonchev–Trinajstić information content (AvgIpc) is 3.43. The number of carbonyl (C=O) groups excluding carboxylic acids is 2. The summed E-state index contributed by atoms with van der Waals surface area (Å²) >= 11 is 0. The normalized spacial score (nSPS) is 22.4. The van der Waals surface area contributed by atoms with Gasteiger partial charge in [-0.2, -0.15) is 0 Å². The lowest BCUT2D eigenvalue weighted by molar-refractivity contribution is 0.234. The smallest absolute Gasteiger partial charge is 0.312 e. The molecule has 32 heavy (non-hydrogen) atoms. The standard InChI is InChI=1S/C26H34N4O2/c1-15-13-19(9-11-21(15)27-23(31)29-17(3)25(29,5)6)20-10-12-22(16(2)14-20)28-24(32)30-18(4)26(30,7)8/h9-14,17-18H,1-8H3,(H,27,31)(H,28,32). The number of amides is 4. The van der Waals surface area contributed by atoms with E-state index in [1.807, 2.05) is 47.9 Å². The predicted octanol–water partition coefficient (Wildman–Crippen LogP) is 6.00. The highest BCUT2D eigenvalue weighted by Gasteiger charge is 2.56. The Bertz CT molecular complexity index is 1020. The highest BCUT2D eigenvalue weighted by molar-refractivity contribution is 5.94. The second-order valence-corrected chi connectivity index (χ2v) is 10.3. The molecule has 0 aliphatic carbocycles. The van der Waals surface area contributed by atoms with Crippen molar-refractivity contribution in [1.82, 2.24) is 9.80 Å². The van der Waals surface area contributed by atoms with E-state index in [1.165, 1.54) is 0 Å². The van der Waals surface area contributed by atoms with Crippen LogP contribution in [0.2, 0.25) is 0 Å². The van der Waals surface area contributed by atoms with Crippen LogP contribution in [-0.4, -0.2) is 45.0 Å². The minimum absolute atomic E-state index is 0.0572. The van der Waals surface area contributed by atoms with Crippen molar-refractivity contribution in [2.75, 3.05) is 10.6 Å². The second kappa shape index (κ2) is 7.26. The Hall–Kier alpha value is -3.02. The summed E-state index contributed by atoms with van der Waals surface area (Å²) < 4.78 is 0. The van der Waals surface area contributed by atoms with Gasteiger partial charge in [-0.15, -0.1) is 0 Å². The van der Waals surface area contributed by atoms with Crippen molar-refractivity contribution < 1.29 is 9.59 Å². The van der Waals surface area contributed by atoms with Crippen LogP contribution in [0, 0.1) is 13.8 Å². The van der Waals surface area contributed by atoms with Crippen LogP contribution in [0.4, 0.5) is 21.0 Å². The maximum atomic E-state index is 12.6. The van der Waals surface area contributed by atoms with Gasteiger partial charge in [-0.3, -0.25) is 0 Å². The first-order valence-electron chi connectivity index (χ1n) is 11.3. The molecule has 2 aromatic carbocycles. The monoisotopic (exact) mass is 434 g/mol. The molecule has 2 saturated heterocycles. The number of nitrogens with one attached hydrogen (secondary N) is 2. The van der Waals surface area contributed by atoms with Gasteiger partial charge in [0.1, 0.15) is 0 Å². The van der Waals surface area contributed by atoms with Crippen molar-refractivity contribution >= 4 is 23.4 Å². The lowest BCUT2D eigenvalue weighted by Crippen LogP contribution is -2.24. The lowest BCUT2D eigenvalue weighted by atomic mass is 10.00. The molecule has 4 amide bonds. The molecule has 2 fully saturated rings. The van der Waals surface area contributed by atoms with Gasteiger partial charge in [0.25, 0.3) is 0 Å². The molecule has 2 atom stereocenters. The fourth-order valence-electron chi connectivity index (χ4n) is 4.56. The molecule has 2 aliphatic heterocycles. The Labute approximate surface area is 191 Å². The van der Waals surface area contributed by atoms with Gasteiger partial charge in [0.2, 0.25) is 0 Å². The molecule has 2 aliphatic rings. The van der Waals surface area contributed by atoms with E-state index in [1.54, 1.807) is 0 Å². The third-order valence-electron chi connectivity index (χ3n) is 7.63. The maximum absolute atomic E-state index is 12.6. The summed E-state index contributed by atoms with van der Waals surface area (Å²) in [4.78, 5) is 28.9. The highest BCUT2D eigenvalue weighted by atomic mass is 16.2. The molecule has 0 bridgehead atoms. The van der Waals surface area contributed by atoms with Crippen LogP contribution < -0.4 is 10.6 Å². The van der Waals surface area contributed by atoms with E-state index in [0.717, 1.165) is 33.6 Å². The van der Waals surface area contributed by atoms with Gasteiger partial charge >= 0.3 is 12.1 Å². The summed E-state index contributed by atoms with van der Waals surface area (Å²) in [7, 11) is 0. The Balaban J connectivity index is 1.46. The van der Waals surface area contributed by atoms with Crippen LogP contribution in [-0.2, 0) is 0 Å². The molecule has 170 valence electrons. The minimum Gasteiger partial charge on any atom is -0.312 e. The highest BCUT2D eigenvalue weighted by Crippen LogP contribution is 2.41. The molecule has 2 N–H and O–H groups in total. The van der Waals surface area contributed by atoms with Crippen LogP contribution in [0.3, 0.4) is 0 Å². The molecular weight excluding hydrogens is 400 g/mol. The van der Waals surface area contributed by atoms with Gasteiger partial charge in [-0.05, 0) is 102 Å². The number of aryl methyl sites for hydroxylation is 2. The number of benzene rings is 2. The first-order chi connectivity index (χ1) is 14.9. The minimum atomic E-state index is -0.0864. The number of urea groups is 2. The molecule has 2 aromatic rings. The van der Waals surface area contributed by atoms with E-state index in [-0.39, 0.29) is 35.2 Å². The van der Waals surface area contributed by atoms with E-state index in [4.69, 9.17) is 0 Å². The van der Waals surface area contributed by atoms with Crippen molar-refractivity contribution in [2.24, 2.45) is 0 Å². The molecule has 2 heterocycles. The fourth-order valence-corrected chi connectivity index (χ4v) is 4.56. The number of anilines is 2. The topological polar surface area (TPSA) is 64.2 Å². The quantitative estimate of drug-likeness (QED) is 0.582. The maximum Gasteiger partial charge on any atom is 0.322 e. The van der Waals surface area contributed by atoms with E-state index >= 15 is 0 Å². The molecule has 0 radical (unpaired) electrons. The van der Waals surface area contributed by atoms with Crippen LogP contribution in [0.15, 0.2) is 36.4 Å².